The smallest absolute Gasteiger partial charge is 0.261 e. The van der Waals surface area contributed by atoms with Crippen LogP contribution in [0.3, 0.4) is 0 Å². The lowest BCUT2D eigenvalue weighted by atomic mass is 9.72. The molecule has 0 bridgehead atoms. The number of thiophene rings is 2. The molecule has 2 aromatic rings. The summed E-state index contributed by atoms with van der Waals surface area (Å²) >= 11 is 2.66. The quantitative estimate of drug-likeness (QED) is 0.805. The van der Waals surface area contributed by atoms with Crippen molar-refractivity contribution in [2.75, 3.05) is 0 Å². The van der Waals surface area contributed by atoms with E-state index in [-0.39, 0.29) is 15.5 Å². The summed E-state index contributed by atoms with van der Waals surface area (Å²) in [6, 6.07) is 5.17. The van der Waals surface area contributed by atoms with Gasteiger partial charge in [-0.3, -0.25) is 4.79 Å². The highest BCUT2D eigenvalue weighted by atomic mass is 32.2. The van der Waals surface area contributed by atoms with E-state index in [0.29, 0.717) is 12.5 Å². The van der Waals surface area contributed by atoms with E-state index in [1.807, 2.05) is 6.07 Å². The van der Waals surface area contributed by atoms with Crippen molar-refractivity contribution in [1.82, 2.24) is 5.32 Å². The molecular weight excluding hydrogens is 388 g/mol. The third-order valence-electron chi connectivity index (χ3n) is 4.87. The summed E-state index contributed by atoms with van der Waals surface area (Å²) in [6.07, 6.45) is 3.24. The summed E-state index contributed by atoms with van der Waals surface area (Å²) in [5.74, 6) is 0.533. The molecule has 1 atom stereocenters. The van der Waals surface area contributed by atoms with Gasteiger partial charge in [-0.15, -0.1) is 22.7 Å². The molecule has 1 amide bonds. The number of aryl methyl sites for hydroxylation is 1. The summed E-state index contributed by atoms with van der Waals surface area (Å²) in [7, 11) is -3.68. The average molecular weight is 413 g/mol. The van der Waals surface area contributed by atoms with Crippen molar-refractivity contribution >= 4 is 38.6 Å². The number of primary sulfonamides is 1. The minimum atomic E-state index is -3.68. The molecule has 3 N–H and O–H groups in total. The highest BCUT2D eigenvalue weighted by Crippen LogP contribution is 2.40. The first kappa shape index (κ1) is 19.5. The molecule has 0 aliphatic heterocycles. The maximum absolute atomic E-state index is 12.5. The molecule has 0 radical (unpaired) electrons. The Bertz CT molecular complexity index is 920. The number of rotatable bonds is 4. The van der Waals surface area contributed by atoms with E-state index in [1.165, 1.54) is 22.9 Å². The van der Waals surface area contributed by atoms with Crippen molar-refractivity contribution in [3.8, 4) is 0 Å². The van der Waals surface area contributed by atoms with Crippen molar-refractivity contribution in [3.05, 3.63) is 38.4 Å². The number of sulfonamides is 1. The van der Waals surface area contributed by atoms with E-state index in [0.717, 1.165) is 33.9 Å². The second-order valence-corrected chi connectivity index (χ2v) is 11.9. The molecule has 0 aromatic carbocycles. The van der Waals surface area contributed by atoms with Crippen LogP contribution in [0.2, 0.25) is 0 Å². The van der Waals surface area contributed by atoms with Crippen molar-refractivity contribution in [3.63, 3.8) is 0 Å². The Balaban J connectivity index is 1.65. The van der Waals surface area contributed by atoms with Gasteiger partial charge in [0.05, 0.1) is 11.4 Å². The van der Waals surface area contributed by atoms with Crippen LogP contribution in [0.1, 0.15) is 52.2 Å². The van der Waals surface area contributed by atoms with Crippen LogP contribution < -0.4 is 10.5 Å². The molecule has 1 aliphatic carbocycles. The fourth-order valence-electron chi connectivity index (χ4n) is 3.24. The van der Waals surface area contributed by atoms with Crippen LogP contribution >= 0.6 is 22.7 Å². The first-order chi connectivity index (χ1) is 12.0. The second kappa shape index (κ2) is 7.07. The van der Waals surface area contributed by atoms with Crippen LogP contribution in [0, 0.1) is 11.3 Å². The largest absolute Gasteiger partial charge is 0.346 e. The zero-order chi connectivity index (χ0) is 19.1. The zero-order valence-corrected chi connectivity index (χ0v) is 17.6. The molecule has 26 heavy (non-hydrogen) atoms. The number of carbonyl (C=O) groups excluding carboxylic acids is 1. The Labute approximate surface area is 162 Å². The minimum Gasteiger partial charge on any atom is -0.346 e. The first-order valence-electron chi connectivity index (χ1n) is 8.55. The van der Waals surface area contributed by atoms with Crippen LogP contribution in [0.15, 0.2) is 22.4 Å². The van der Waals surface area contributed by atoms with Crippen LogP contribution in [0.5, 0.6) is 0 Å². The molecule has 3 rings (SSSR count). The molecule has 5 nitrogen and oxygen atoms in total. The summed E-state index contributed by atoms with van der Waals surface area (Å²) in [5, 5.41) is 7.99. The molecule has 1 unspecified atom stereocenters. The van der Waals surface area contributed by atoms with Gasteiger partial charge in [-0.2, -0.15) is 0 Å². The number of carbonyl (C=O) groups is 1. The number of nitrogens with one attached hydrogen (secondary N) is 1. The number of nitrogens with two attached hydrogens (primary N) is 1. The van der Waals surface area contributed by atoms with Crippen molar-refractivity contribution < 1.29 is 13.2 Å². The van der Waals surface area contributed by atoms with Gasteiger partial charge in [0, 0.05) is 9.75 Å². The van der Waals surface area contributed by atoms with Gasteiger partial charge in [0.1, 0.15) is 4.21 Å². The molecule has 1 aliphatic rings. The number of hydrogen-bond acceptors (Lipinski definition) is 5. The summed E-state index contributed by atoms with van der Waals surface area (Å²) in [4.78, 5) is 15.3. The summed E-state index contributed by atoms with van der Waals surface area (Å²) in [5.41, 5.74) is 1.58. The van der Waals surface area contributed by atoms with Crippen molar-refractivity contribution in [2.45, 2.75) is 50.8 Å². The van der Waals surface area contributed by atoms with E-state index in [2.05, 4.69) is 26.1 Å². The maximum Gasteiger partial charge on any atom is 0.261 e. The Kier molecular flexibility index (Phi) is 5.31. The molecule has 2 heterocycles. The minimum absolute atomic E-state index is 0.109. The predicted octanol–water partition coefficient (Wildman–Crippen LogP) is 3.54. The molecular formula is C18H24N2O3S3. The Morgan fingerprint density at radius 1 is 1.31 bits per heavy atom. The van der Waals surface area contributed by atoms with Crippen LogP contribution in [0.25, 0.3) is 0 Å². The SMILES string of the molecule is CC(C)(C)C1CCc2sc(C(=O)NCc3ccc(S(N)(=O)=O)s3)cc2C1. The third kappa shape index (κ3) is 4.36. The standard InChI is InChI=1S/C18H24N2O3S3/c1-18(2,3)12-4-6-14-11(8-12)9-15(25-14)17(21)20-10-13-5-7-16(24-13)26(19,22)23/h5,7,9,12H,4,6,8,10H2,1-3H3,(H,20,21)(H2,19,22,23). The van der Waals surface area contributed by atoms with E-state index in [1.54, 1.807) is 17.4 Å². The topological polar surface area (TPSA) is 89.3 Å². The van der Waals surface area contributed by atoms with E-state index in [9.17, 15) is 13.2 Å². The van der Waals surface area contributed by atoms with E-state index >= 15 is 0 Å². The molecule has 0 saturated carbocycles. The summed E-state index contributed by atoms with van der Waals surface area (Å²) < 4.78 is 22.7. The first-order valence-corrected chi connectivity index (χ1v) is 11.7. The fraction of sp³-hybridized carbons (Fsp3) is 0.500. The van der Waals surface area contributed by atoms with Gasteiger partial charge in [-0.25, -0.2) is 13.6 Å². The maximum atomic E-state index is 12.5. The Morgan fingerprint density at radius 3 is 2.65 bits per heavy atom. The van der Waals surface area contributed by atoms with Crippen LogP contribution in [-0.2, 0) is 29.4 Å². The van der Waals surface area contributed by atoms with Crippen LogP contribution in [-0.4, -0.2) is 14.3 Å². The molecule has 142 valence electrons. The molecule has 8 heteroatoms. The normalized spacial score (nSPS) is 17.8. The summed E-state index contributed by atoms with van der Waals surface area (Å²) in [6.45, 7) is 7.13. The van der Waals surface area contributed by atoms with Gasteiger partial charge < -0.3 is 5.32 Å². The van der Waals surface area contributed by atoms with E-state index < -0.39 is 10.0 Å². The zero-order valence-electron chi connectivity index (χ0n) is 15.2. The molecule has 0 saturated heterocycles. The average Bonchev–Trinajstić information content (AvgIpc) is 3.17. The molecule has 0 spiro atoms. The van der Waals surface area contributed by atoms with E-state index in [4.69, 9.17) is 5.14 Å². The van der Waals surface area contributed by atoms with Gasteiger partial charge in [-0.05, 0) is 54.4 Å². The number of hydrogen-bond donors (Lipinski definition) is 2. The van der Waals surface area contributed by atoms with Gasteiger partial charge in [0.15, 0.2) is 0 Å². The van der Waals surface area contributed by atoms with Gasteiger partial charge in [0.25, 0.3) is 5.91 Å². The third-order valence-corrected chi connectivity index (χ3v) is 8.63. The molecule has 2 aromatic heterocycles. The Morgan fingerprint density at radius 2 is 2.04 bits per heavy atom. The number of amides is 1. The van der Waals surface area contributed by atoms with Crippen molar-refractivity contribution in [2.24, 2.45) is 16.5 Å². The lowest BCUT2D eigenvalue weighted by molar-refractivity contribution is 0.0955. The van der Waals surface area contributed by atoms with Gasteiger partial charge in [0.2, 0.25) is 10.0 Å². The highest BCUT2D eigenvalue weighted by Gasteiger charge is 2.30. The second-order valence-electron chi connectivity index (χ2n) is 7.81. The highest BCUT2D eigenvalue weighted by molar-refractivity contribution is 7.91. The monoisotopic (exact) mass is 412 g/mol. The fourth-order valence-corrected chi connectivity index (χ4v) is 6.08. The van der Waals surface area contributed by atoms with Gasteiger partial charge in [-0.1, -0.05) is 20.8 Å². The molecule has 0 fully saturated rings. The van der Waals surface area contributed by atoms with Gasteiger partial charge >= 0.3 is 0 Å². The van der Waals surface area contributed by atoms with Crippen molar-refractivity contribution in [1.29, 1.82) is 0 Å². The lowest BCUT2D eigenvalue weighted by Crippen LogP contribution is -2.26. The lowest BCUT2D eigenvalue weighted by Gasteiger charge is -2.33. The number of fused-ring (bicyclic) bond motifs is 1. The Hall–Kier alpha value is -1.22. The predicted molar refractivity (Wildman–Crippen MR) is 106 cm³/mol. The van der Waals surface area contributed by atoms with Crippen LogP contribution in [0.4, 0.5) is 0 Å².